The van der Waals surface area contributed by atoms with E-state index in [1.165, 1.54) is 6.33 Å². The van der Waals surface area contributed by atoms with Crippen molar-refractivity contribution in [3.8, 4) is 5.75 Å². The monoisotopic (exact) mass is 369 g/mol. The molecule has 3 rings (SSSR count). The van der Waals surface area contributed by atoms with Crippen LogP contribution in [0.5, 0.6) is 5.75 Å². The molecule has 27 heavy (non-hydrogen) atoms. The van der Waals surface area contributed by atoms with Gasteiger partial charge in [0.1, 0.15) is 23.6 Å². The van der Waals surface area contributed by atoms with Gasteiger partial charge in [-0.1, -0.05) is 6.07 Å². The smallest absolute Gasteiger partial charge is 0.274 e. The lowest BCUT2D eigenvalue weighted by Crippen LogP contribution is -2.48. The summed E-state index contributed by atoms with van der Waals surface area (Å²) in [5.41, 5.74) is 1.88. The minimum Gasteiger partial charge on any atom is -0.495 e. The summed E-state index contributed by atoms with van der Waals surface area (Å²) in [5, 5.41) is 2.85. The fourth-order valence-electron chi connectivity index (χ4n) is 3.00. The van der Waals surface area contributed by atoms with Crippen LogP contribution in [0.2, 0.25) is 0 Å². The van der Waals surface area contributed by atoms with Crippen molar-refractivity contribution in [1.82, 2.24) is 14.9 Å². The highest BCUT2D eigenvalue weighted by Crippen LogP contribution is 2.26. The van der Waals surface area contributed by atoms with Crippen LogP contribution in [0.25, 0.3) is 0 Å². The van der Waals surface area contributed by atoms with Crippen LogP contribution >= 0.6 is 0 Å². The SMILES string of the molecule is COc1ccc(C)cc1NC(=O)c1cc(N2CCN(C(C)=O)CC2)ncn1. The predicted molar refractivity (Wildman–Crippen MR) is 102 cm³/mol. The van der Waals surface area contributed by atoms with Crippen molar-refractivity contribution in [2.75, 3.05) is 43.5 Å². The second-order valence-corrected chi connectivity index (χ2v) is 6.41. The molecule has 2 amide bonds. The van der Waals surface area contributed by atoms with Crippen LogP contribution in [0.15, 0.2) is 30.6 Å². The number of hydrogen-bond donors (Lipinski definition) is 1. The van der Waals surface area contributed by atoms with Crippen molar-refractivity contribution in [2.24, 2.45) is 0 Å². The van der Waals surface area contributed by atoms with Gasteiger partial charge in [0.25, 0.3) is 5.91 Å². The summed E-state index contributed by atoms with van der Waals surface area (Å²) in [5.74, 6) is 1.01. The summed E-state index contributed by atoms with van der Waals surface area (Å²) in [4.78, 5) is 36.3. The number of ether oxygens (including phenoxy) is 1. The van der Waals surface area contributed by atoms with Crippen molar-refractivity contribution >= 4 is 23.3 Å². The summed E-state index contributed by atoms with van der Waals surface area (Å²) < 4.78 is 5.30. The van der Waals surface area contributed by atoms with Crippen molar-refractivity contribution in [3.05, 3.63) is 41.9 Å². The van der Waals surface area contributed by atoms with E-state index in [0.29, 0.717) is 43.4 Å². The Morgan fingerprint density at radius 1 is 1.11 bits per heavy atom. The Bertz CT molecular complexity index is 847. The summed E-state index contributed by atoms with van der Waals surface area (Å²) in [7, 11) is 1.56. The lowest BCUT2D eigenvalue weighted by atomic mass is 10.2. The van der Waals surface area contributed by atoms with Crippen molar-refractivity contribution < 1.29 is 14.3 Å². The Morgan fingerprint density at radius 2 is 1.85 bits per heavy atom. The third-order valence-corrected chi connectivity index (χ3v) is 4.54. The van der Waals surface area contributed by atoms with Crippen LogP contribution in [0, 0.1) is 6.92 Å². The molecule has 0 bridgehead atoms. The van der Waals surface area contributed by atoms with E-state index in [9.17, 15) is 9.59 Å². The quantitative estimate of drug-likeness (QED) is 0.883. The Labute approximate surface area is 158 Å². The van der Waals surface area contributed by atoms with E-state index >= 15 is 0 Å². The van der Waals surface area contributed by atoms with E-state index in [0.717, 1.165) is 5.56 Å². The van der Waals surface area contributed by atoms with E-state index < -0.39 is 0 Å². The van der Waals surface area contributed by atoms with Crippen LogP contribution in [0.4, 0.5) is 11.5 Å². The highest BCUT2D eigenvalue weighted by molar-refractivity contribution is 6.04. The molecular formula is C19H23N5O3. The van der Waals surface area contributed by atoms with Crippen LogP contribution in [-0.2, 0) is 4.79 Å². The number of aryl methyl sites for hydroxylation is 1. The molecule has 1 fully saturated rings. The molecule has 0 aliphatic carbocycles. The van der Waals surface area contributed by atoms with Gasteiger partial charge < -0.3 is 19.9 Å². The molecule has 0 radical (unpaired) electrons. The molecule has 142 valence electrons. The number of carbonyl (C=O) groups is 2. The van der Waals surface area contributed by atoms with Gasteiger partial charge in [0.15, 0.2) is 0 Å². The predicted octanol–water partition coefficient (Wildman–Crippen LogP) is 1.71. The van der Waals surface area contributed by atoms with E-state index in [2.05, 4.69) is 15.3 Å². The second kappa shape index (κ2) is 8.03. The number of nitrogens with zero attached hydrogens (tertiary/aromatic N) is 4. The van der Waals surface area contributed by atoms with E-state index in [1.54, 1.807) is 25.0 Å². The highest BCUT2D eigenvalue weighted by atomic mass is 16.5. The number of piperazine rings is 1. The average Bonchev–Trinajstić information content (AvgIpc) is 2.68. The molecule has 8 heteroatoms. The van der Waals surface area contributed by atoms with Gasteiger partial charge in [-0.15, -0.1) is 0 Å². The van der Waals surface area contributed by atoms with E-state index in [1.807, 2.05) is 30.0 Å². The molecule has 8 nitrogen and oxygen atoms in total. The van der Waals surface area contributed by atoms with Crippen LogP contribution < -0.4 is 15.0 Å². The zero-order chi connectivity index (χ0) is 19.4. The van der Waals surface area contributed by atoms with Crippen LogP contribution in [0.3, 0.4) is 0 Å². The maximum Gasteiger partial charge on any atom is 0.274 e. The first-order chi connectivity index (χ1) is 13.0. The molecule has 0 unspecified atom stereocenters. The molecule has 0 atom stereocenters. The lowest BCUT2D eigenvalue weighted by molar-refractivity contribution is -0.129. The number of hydrogen-bond acceptors (Lipinski definition) is 6. The molecule has 0 saturated carbocycles. The zero-order valence-electron chi connectivity index (χ0n) is 15.7. The maximum absolute atomic E-state index is 12.6. The normalized spacial score (nSPS) is 14.0. The third-order valence-electron chi connectivity index (χ3n) is 4.54. The molecular weight excluding hydrogens is 346 g/mol. The molecule has 2 heterocycles. The van der Waals surface area contributed by atoms with Gasteiger partial charge in [0, 0.05) is 39.2 Å². The number of aromatic nitrogens is 2. The summed E-state index contributed by atoms with van der Waals surface area (Å²) in [6.45, 7) is 6.14. The number of nitrogens with one attached hydrogen (secondary N) is 1. The fourth-order valence-corrected chi connectivity index (χ4v) is 3.00. The van der Waals surface area contributed by atoms with E-state index in [4.69, 9.17) is 4.74 Å². The molecule has 1 aromatic carbocycles. The Hall–Kier alpha value is -3.16. The minimum atomic E-state index is -0.329. The number of carbonyl (C=O) groups excluding carboxylic acids is 2. The lowest BCUT2D eigenvalue weighted by Gasteiger charge is -2.34. The average molecular weight is 369 g/mol. The topological polar surface area (TPSA) is 87.7 Å². The van der Waals surface area contributed by atoms with E-state index in [-0.39, 0.29) is 17.5 Å². The van der Waals surface area contributed by atoms with Gasteiger partial charge in [0.05, 0.1) is 12.8 Å². The number of methoxy groups -OCH3 is 1. The largest absolute Gasteiger partial charge is 0.495 e. The Balaban J connectivity index is 1.73. The molecule has 1 aromatic heterocycles. The fraction of sp³-hybridized carbons (Fsp3) is 0.368. The van der Waals surface area contributed by atoms with Crippen LogP contribution in [0.1, 0.15) is 23.0 Å². The van der Waals surface area contributed by atoms with Crippen molar-refractivity contribution in [3.63, 3.8) is 0 Å². The Morgan fingerprint density at radius 3 is 2.52 bits per heavy atom. The molecule has 0 spiro atoms. The number of anilines is 2. The summed E-state index contributed by atoms with van der Waals surface area (Å²) in [6, 6.07) is 7.24. The summed E-state index contributed by atoms with van der Waals surface area (Å²) in [6.07, 6.45) is 1.38. The van der Waals surface area contributed by atoms with Gasteiger partial charge in [-0.05, 0) is 24.6 Å². The highest BCUT2D eigenvalue weighted by Gasteiger charge is 2.21. The van der Waals surface area contributed by atoms with Gasteiger partial charge in [-0.2, -0.15) is 0 Å². The summed E-state index contributed by atoms with van der Waals surface area (Å²) >= 11 is 0. The van der Waals surface area contributed by atoms with Gasteiger partial charge in [-0.25, -0.2) is 9.97 Å². The first-order valence-corrected chi connectivity index (χ1v) is 8.76. The molecule has 1 aliphatic heterocycles. The Kier molecular flexibility index (Phi) is 5.54. The second-order valence-electron chi connectivity index (χ2n) is 6.41. The first kappa shape index (κ1) is 18.6. The standard InChI is InChI=1S/C19H23N5O3/c1-13-4-5-17(27-3)15(10-13)22-19(26)16-11-18(21-12-20-16)24-8-6-23(7-9-24)14(2)25/h4-5,10-12H,6-9H2,1-3H3,(H,22,26). The van der Waals surface area contributed by atoms with Gasteiger partial charge in [0.2, 0.25) is 5.91 Å². The number of amides is 2. The maximum atomic E-state index is 12.6. The number of rotatable bonds is 4. The minimum absolute atomic E-state index is 0.0736. The van der Waals surface area contributed by atoms with Crippen molar-refractivity contribution in [1.29, 1.82) is 0 Å². The van der Waals surface area contributed by atoms with Gasteiger partial charge in [-0.3, -0.25) is 9.59 Å². The van der Waals surface area contributed by atoms with Gasteiger partial charge >= 0.3 is 0 Å². The molecule has 1 aliphatic rings. The zero-order valence-corrected chi connectivity index (χ0v) is 15.7. The number of benzene rings is 1. The first-order valence-electron chi connectivity index (χ1n) is 8.76. The molecule has 1 saturated heterocycles. The molecule has 1 N–H and O–H groups in total. The van der Waals surface area contributed by atoms with Crippen LogP contribution in [-0.4, -0.2) is 60.0 Å². The van der Waals surface area contributed by atoms with Crippen molar-refractivity contribution in [2.45, 2.75) is 13.8 Å². The molecule has 2 aromatic rings. The third kappa shape index (κ3) is 4.33.